The third-order valence-electron chi connectivity index (χ3n) is 5.08. The lowest BCUT2D eigenvalue weighted by atomic mass is 10.1. The van der Waals surface area contributed by atoms with Crippen molar-refractivity contribution in [3.8, 4) is 17.0 Å². The number of carbonyl (C=O) groups is 1. The zero-order valence-corrected chi connectivity index (χ0v) is 17.7. The van der Waals surface area contributed by atoms with Crippen molar-refractivity contribution in [1.82, 2.24) is 10.1 Å². The van der Waals surface area contributed by atoms with Crippen molar-refractivity contribution in [3.05, 3.63) is 71.5 Å². The van der Waals surface area contributed by atoms with E-state index in [9.17, 15) is 9.90 Å². The first-order chi connectivity index (χ1) is 14.4. The molecule has 6 heteroatoms. The summed E-state index contributed by atoms with van der Waals surface area (Å²) in [5, 5.41) is 13.5. The van der Waals surface area contributed by atoms with E-state index in [4.69, 9.17) is 9.26 Å². The maximum Gasteiger partial charge on any atom is 0.321 e. The number of aryl methyl sites for hydroxylation is 2. The first kappa shape index (κ1) is 21.6. The number of rotatable bonds is 10. The summed E-state index contributed by atoms with van der Waals surface area (Å²) in [7, 11) is 3.55. The number of nitrogens with zero attached hydrogens (tertiary/aromatic N) is 2. The maximum absolute atomic E-state index is 11.3. The van der Waals surface area contributed by atoms with Crippen LogP contribution in [0.5, 0.6) is 5.75 Å². The summed E-state index contributed by atoms with van der Waals surface area (Å²) in [5.41, 5.74) is 4.08. The van der Waals surface area contributed by atoms with E-state index in [0.717, 1.165) is 41.2 Å². The van der Waals surface area contributed by atoms with E-state index in [1.54, 1.807) is 19.0 Å². The van der Waals surface area contributed by atoms with Crippen LogP contribution >= 0.6 is 0 Å². The second-order valence-electron chi connectivity index (χ2n) is 7.61. The van der Waals surface area contributed by atoms with Crippen molar-refractivity contribution in [3.63, 3.8) is 0 Å². The SMILES string of the molecule is Cc1ccccc1-c1cc(CCCOc2ccc(C[C@@H](C(=O)O)N(C)C)cc2)on1. The zero-order valence-electron chi connectivity index (χ0n) is 17.7. The second kappa shape index (κ2) is 10.1. The van der Waals surface area contributed by atoms with Gasteiger partial charge in [0, 0.05) is 18.1 Å². The highest BCUT2D eigenvalue weighted by atomic mass is 16.5. The van der Waals surface area contributed by atoms with Crippen molar-refractivity contribution < 1.29 is 19.2 Å². The number of benzene rings is 2. The highest BCUT2D eigenvalue weighted by Crippen LogP contribution is 2.23. The summed E-state index contributed by atoms with van der Waals surface area (Å²) in [4.78, 5) is 13.0. The summed E-state index contributed by atoms with van der Waals surface area (Å²) in [5.74, 6) is 0.794. The molecule has 0 aliphatic heterocycles. The molecule has 0 saturated carbocycles. The Labute approximate surface area is 177 Å². The summed E-state index contributed by atoms with van der Waals surface area (Å²) in [6.45, 7) is 2.63. The Morgan fingerprint density at radius 3 is 2.57 bits per heavy atom. The van der Waals surface area contributed by atoms with Gasteiger partial charge in [-0.15, -0.1) is 0 Å². The number of carboxylic acid groups (broad SMARTS) is 1. The predicted octanol–water partition coefficient (Wildman–Crippen LogP) is 4.22. The molecule has 158 valence electrons. The van der Waals surface area contributed by atoms with Crippen LogP contribution in [0, 0.1) is 6.92 Å². The van der Waals surface area contributed by atoms with Gasteiger partial charge in [-0.1, -0.05) is 41.6 Å². The van der Waals surface area contributed by atoms with Gasteiger partial charge in [0.2, 0.25) is 0 Å². The van der Waals surface area contributed by atoms with Crippen LogP contribution in [0.25, 0.3) is 11.3 Å². The second-order valence-corrected chi connectivity index (χ2v) is 7.61. The van der Waals surface area contributed by atoms with Gasteiger partial charge in [0.25, 0.3) is 0 Å². The molecule has 0 aliphatic carbocycles. The van der Waals surface area contributed by atoms with E-state index in [-0.39, 0.29) is 0 Å². The number of aromatic nitrogens is 1. The molecule has 1 atom stereocenters. The fraction of sp³-hybridized carbons (Fsp3) is 0.333. The molecule has 1 N–H and O–H groups in total. The molecule has 1 aromatic heterocycles. The van der Waals surface area contributed by atoms with E-state index >= 15 is 0 Å². The Morgan fingerprint density at radius 1 is 1.17 bits per heavy atom. The summed E-state index contributed by atoms with van der Waals surface area (Å²) < 4.78 is 11.3. The molecule has 3 aromatic rings. The Bertz CT molecular complexity index is 963. The van der Waals surface area contributed by atoms with Crippen LogP contribution in [0.2, 0.25) is 0 Å². The fourth-order valence-electron chi connectivity index (χ4n) is 3.29. The molecule has 6 nitrogen and oxygen atoms in total. The summed E-state index contributed by atoms with van der Waals surface area (Å²) >= 11 is 0. The van der Waals surface area contributed by atoms with Crippen molar-refractivity contribution >= 4 is 5.97 Å². The largest absolute Gasteiger partial charge is 0.494 e. The van der Waals surface area contributed by atoms with Gasteiger partial charge in [0.15, 0.2) is 0 Å². The standard InChI is InChI=1S/C24H28N2O4/c1-17-7-4-5-9-21(17)22-16-20(30-25-22)8-6-14-29-19-12-10-18(11-13-19)15-23(24(27)28)26(2)3/h4-5,7,9-13,16,23H,6,8,14-15H2,1-3H3,(H,27,28)/t23-/m0/s1. The van der Waals surface area contributed by atoms with Crippen LogP contribution in [-0.4, -0.2) is 47.9 Å². The lowest BCUT2D eigenvalue weighted by molar-refractivity contribution is -0.142. The van der Waals surface area contributed by atoms with Gasteiger partial charge in [0.05, 0.1) is 6.61 Å². The monoisotopic (exact) mass is 408 g/mol. The first-order valence-corrected chi connectivity index (χ1v) is 10.1. The van der Waals surface area contributed by atoms with Crippen LogP contribution in [0.3, 0.4) is 0 Å². The molecule has 0 saturated heterocycles. The molecular formula is C24H28N2O4. The summed E-state index contributed by atoms with van der Waals surface area (Å²) in [6, 6.07) is 17.2. The first-order valence-electron chi connectivity index (χ1n) is 10.1. The Morgan fingerprint density at radius 2 is 1.90 bits per heavy atom. The predicted molar refractivity (Wildman–Crippen MR) is 116 cm³/mol. The van der Waals surface area contributed by atoms with Crippen LogP contribution in [0.1, 0.15) is 23.3 Å². The summed E-state index contributed by atoms with van der Waals surface area (Å²) in [6.07, 6.45) is 2.02. The van der Waals surface area contributed by atoms with Crippen LogP contribution in [-0.2, 0) is 17.6 Å². The number of ether oxygens (including phenoxy) is 1. The Hall–Kier alpha value is -3.12. The highest BCUT2D eigenvalue weighted by molar-refractivity contribution is 5.73. The lowest BCUT2D eigenvalue weighted by Gasteiger charge is -2.20. The average molecular weight is 408 g/mol. The van der Waals surface area contributed by atoms with E-state index in [1.165, 1.54) is 5.56 Å². The third kappa shape index (κ3) is 5.70. The number of hydrogen-bond acceptors (Lipinski definition) is 5. The molecular weight excluding hydrogens is 380 g/mol. The normalized spacial score (nSPS) is 12.1. The van der Waals surface area contributed by atoms with Crippen molar-refractivity contribution in [2.24, 2.45) is 0 Å². The van der Waals surface area contributed by atoms with E-state index in [1.807, 2.05) is 48.5 Å². The Kier molecular flexibility index (Phi) is 7.25. The van der Waals surface area contributed by atoms with Gasteiger partial charge in [0.1, 0.15) is 23.2 Å². The third-order valence-corrected chi connectivity index (χ3v) is 5.08. The molecule has 2 aromatic carbocycles. The van der Waals surface area contributed by atoms with E-state index in [2.05, 4.69) is 18.1 Å². The van der Waals surface area contributed by atoms with Gasteiger partial charge >= 0.3 is 5.97 Å². The molecule has 0 spiro atoms. The number of likely N-dealkylation sites (N-methyl/N-ethyl adjacent to an activating group) is 1. The van der Waals surface area contributed by atoms with E-state index in [0.29, 0.717) is 13.0 Å². The number of aliphatic carboxylic acids is 1. The molecule has 1 heterocycles. The fourth-order valence-corrected chi connectivity index (χ4v) is 3.29. The molecule has 0 unspecified atom stereocenters. The maximum atomic E-state index is 11.3. The molecule has 3 rings (SSSR count). The minimum absolute atomic E-state index is 0.456. The van der Waals surface area contributed by atoms with E-state index < -0.39 is 12.0 Å². The molecule has 0 amide bonds. The zero-order chi connectivity index (χ0) is 21.5. The van der Waals surface area contributed by atoms with Crippen LogP contribution < -0.4 is 4.74 Å². The minimum Gasteiger partial charge on any atom is -0.494 e. The lowest BCUT2D eigenvalue weighted by Crippen LogP contribution is -2.37. The quantitative estimate of drug-likeness (QED) is 0.506. The molecule has 0 aliphatic rings. The molecule has 0 fully saturated rings. The topological polar surface area (TPSA) is 75.8 Å². The number of hydrogen-bond donors (Lipinski definition) is 1. The minimum atomic E-state index is -0.821. The Balaban J connectivity index is 1.46. The average Bonchev–Trinajstić information content (AvgIpc) is 3.19. The van der Waals surface area contributed by atoms with Crippen molar-refractivity contribution in [2.45, 2.75) is 32.2 Å². The van der Waals surface area contributed by atoms with Gasteiger partial charge in [-0.25, -0.2) is 0 Å². The van der Waals surface area contributed by atoms with Crippen molar-refractivity contribution in [1.29, 1.82) is 0 Å². The van der Waals surface area contributed by atoms with Crippen molar-refractivity contribution in [2.75, 3.05) is 20.7 Å². The van der Waals surface area contributed by atoms with Gasteiger partial charge in [-0.3, -0.25) is 9.69 Å². The van der Waals surface area contributed by atoms with Gasteiger partial charge in [-0.2, -0.15) is 0 Å². The molecule has 30 heavy (non-hydrogen) atoms. The smallest absolute Gasteiger partial charge is 0.321 e. The molecule has 0 radical (unpaired) electrons. The van der Waals surface area contributed by atoms with Crippen LogP contribution in [0.4, 0.5) is 0 Å². The van der Waals surface area contributed by atoms with Gasteiger partial charge in [-0.05, 0) is 57.1 Å². The number of carboxylic acids is 1. The van der Waals surface area contributed by atoms with Crippen LogP contribution in [0.15, 0.2) is 59.1 Å². The highest BCUT2D eigenvalue weighted by Gasteiger charge is 2.20. The van der Waals surface area contributed by atoms with Gasteiger partial charge < -0.3 is 14.4 Å². The molecule has 0 bridgehead atoms.